The SMILES string of the molecule is CO/C=C(/C(=O)O)c1cccc(OC)c1-c1cccc(Oc2ccccc2)c1. The van der Waals surface area contributed by atoms with E-state index in [0.717, 1.165) is 5.56 Å². The van der Waals surface area contributed by atoms with Gasteiger partial charge in [0.15, 0.2) is 0 Å². The van der Waals surface area contributed by atoms with Crippen molar-refractivity contribution in [2.24, 2.45) is 0 Å². The predicted molar refractivity (Wildman–Crippen MR) is 108 cm³/mol. The van der Waals surface area contributed by atoms with E-state index in [2.05, 4.69) is 0 Å². The first-order chi connectivity index (χ1) is 13.6. The molecule has 3 aromatic rings. The minimum atomic E-state index is -1.09. The van der Waals surface area contributed by atoms with E-state index in [9.17, 15) is 9.90 Å². The third kappa shape index (κ3) is 4.15. The molecule has 0 heterocycles. The summed E-state index contributed by atoms with van der Waals surface area (Å²) in [5, 5.41) is 9.63. The van der Waals surface area contributed by atoms with Crippen molar-refractivity contribution in [3.05, 3.63) is 84.6 Å². The van der Waals surface area contributed by atoms with Crippen LogP contribution in [0.2, 0.25) is 0 Å². The van der Waals surface area contributed by atoms with E-state index in [0.29, 0.717) is 28.4 Å². The van der Waals surface area contributed by atoms with E-state index < -0.39 is 5.97 Å². The lowest BCUT2D eigenvalue weighted by atomic mass is 9.94. The van der Waals surface area contributed by atoms with Gasteiger partial charge in [0.2, 0.25) is 0 Å². The van der Waals surface area contributed by atoms with Crippen molar-refractivity contribution in [3.8, 4) is 28.4 Å². The molecule has 0 bridgehead atoms. The van der Waals surface area contributed by atoms with Gasteiger partial charge in [0.1, 0.15) is 22.8 Å². The highest BCUT2D eigenvalue weighted by molar-refractivity contribution is 6.17. The van der Waals surface area contributed by atoms with E-state index in [1.54, 1.807) is 25.3 Å². The van der Waals surface area contributed by atoms with Gasteiger partial charge >= 0.3 is 5.97 Å². The van der Waals surface area contributed by atoms with Gasteiger partial charge in [-0.25, -0.2) is 4.79 Å². The smallest absolute Gasteiger partial charge is 0.339 e. The van der Waals surface area contributed by atoms with Crippen LogP contribution in [-0.4, -0.2) is 25.3 Å². The quantitative estimate of drug-likeness (QED) is 0.452. The van der Waals surface area contributed by atoms with Gasteiger partial charge in [0.05, 0.1) is 20.5 Å². The molecule has 5 heteroatoms. The van der Waals surface area contributed by atoms with E-state index >= 15 is 0 Å². The highest BCUT2D eigenvalue weighted by Gasteiger charge is 2.20. The zero-order chi connectivity index (χ0) is 19.9. The number of aliphatic carboxylic acids is 1. The first-order valence-electron chi connectivity index (χ1n) is 8.61. The number of rotatable bonds is 7. The number of benzene rings is 3. The molecule has 0 spiro atoms. The minimum absolute atomic E-state index is 0.0331. The molecule has 0 radical (unpaired) electrons. The lowest BCUT2D eigenvalue weighted by molar-refractivity contribution is -0.130. The normalized spacial score (nSPS) is 11.0. The summed E-state index contributed by atoms with van der Waals surface area (Å²) in [4.78, 5) is 11.8. The molecule has 1 N–H and O–H groups in total. The van der Waals surface area contributed by atoms with Crippen LogP contribution in [0.3, 0.4) is 0 Å². The van der Waals surface area contributed by atoms with Crippen LogP contribution < -0.4 is 9.47 Å². The molecule has 3 aromatic carbocycles. The largest absolute Gasteiger partial charge is 0.503 e. The molecule has 0 saturated carbocycles. The third-order valence-electron chi connectivity index (χ3n) is 4.10. The summed E-state index contributed by atoms with van der Waals surface area (Å²) in [6.45, 7) is 0. The van der Waals surface area contributed by atoms with Crippen molar-refractivity contribution >= 4 is 11.5 Å². The van der Waals surface area contributed by atoms with Crippen molar-refractivity contribution in [3.63, 3.8) is 0 Å². The lowest BCUT2D eigenvalue weighted by Gasteiger charge is -2.16. The molecule has 0 amide bonds. The average Bonchev–Trinajstić information content (AvgIpc) is 2.72. The fourth-order valence-electron chi connectivity index (χ4n) is 2.91. The highest BCUT2D eigenvalue weighted by atomic mass is 16.5. The van der Waals surface area contributed by atoms with Crippen LogP contribution >= 0.6 is 0 Å². The molecule has 0 saturated heterocycles. The Morgan fingerprint density at radius 3 is 2.29 bits per heavy atom. The molecule has 0 atom stereocenters. The Morgan fingerprint density at radius 1 is 0.893 bits per heavy atom. The molecule has 0 fully saturated rings. The van der Waals surface area contributed by atoms with Crippen LogP contribution in [0.1, 0.15) is 5.56 Å². The van der Waals surface area contributed by atoms with Crippen molar-refractivity contribution in [1.82, 2.24) is 0 Å². The highest BCUT2D eigenvalue weighted by Crippen LogP contribution is 2.38. The number of carbonyl (C=O) groups is 1. The molecule has 28 heavy (non-hydrogen) atoms. The number of ether oxygens (including phenoxy) is 3. The summed E-state index contributed by atoms with van der Waals surface area (Å²) in [5.41, 5.74) is 1.94. The second kappa shape index (κ2) is 8.77. The van der Waals surface area contributed by atoms with E-state index in [1.165, 1.54) is 13.4 Å². The standard InChI is InChI=1S/C23H20O5/c1-26-15-20(23(24)25)19-12-7-13-21(27-2)22(19)16-8-6-11-18(14-16)28-17-9-4-3-5-10-17/h3-15H,1-2H3,(H,24,25)/b20-15+. The summed E-state index contributed by atoms with van der Waals surface area (Å²) in [7, 11) is 2.96. The summed E-state index contributed by atoms with van der Waals surface area (Å²) in [6, 6.07) is 22.1. The van der Waals surface area contributed by atoms with Gasteiger partial charge < -0.3 is 19.3 Å². The Labute approximate surface area is 163 Å². The number of carboxylic acid groups (broad SMARTS) is 1. The zero-order valence-corrected chi connectivity index (χ0v) is 15.6. The molecule has 5 nitrogen and oxygen atoms in total. The number of hydrogen-bond donors (Lipinski definition) is 1. The Kier molecular flexibility index (Phi) is 5.97. The van der Waals surface area contributed by atoms with Crippen LogP contribution in [0.15, 0.2) is 79.1 Å². The molecule has 3 rings (SSSR count). The molecule has 0 aliphatic heterocycles. The van der Waals surface area contributed by atoms with Gasteiger partial charge in [-0.1, -0.05) is 42.5 Å². The van der Waals surface area contributed by atoms with Gasteiger partial charge in [0.25, 0.3) is 0 Å². The van der Waals surface area contributed by atoms with E-state index in [4.69, 9.17) is 14.2 Å². The van der Waals surface area contributed by atoms with Gasteiger partial charge in [-0.05, 0) is 35.9 Å². The van der Waals surface area contributed by atoms with Crippen molar-refractivity contribution in [1.29, 1.82) is 0 Å². The maximum Gasteiger partial charge on any atom is 0.339 e. The minimum Gasteiger partial charge on any atom is -0.503 e. The third-order valence-corrected chi connectivity index (χ3v) is 4.10. The molecule has 0 unspecified atom stereocenters. The van der Waals surface area contributed by atoms with Crippen molar-refractivity contribution in [2.45, 2.75) is 0 Å². The maximum absolute atomic E-state index is 11.8. The Hall–Kier alpha value is -3.73. The Bertz CT molecular complexity index is 993. The van der Waals surface area contributed by atoms with Crippen molar-refractivity contribution in [2.75, 3.05) is 14.2 Å². The maximum atomic E-state index is 11.8. The van der Waals surface area contributed by atoms with Crippen LogP contribution in [-0.2, 0) is 9.53 Å². The molecule has 142 valence electrons. The van der Waals surface area contributed by atoms with E-state index in [1.807, 2.05) is 54.6 Å². The second-order valence-corrected chi connectivity index (χ2v) is 5.90. The zero-order valence-electron chi connectivity index (χ0n) is 15.6. The van der Waals surface area contributed by atoms with Gasteiger partial charge in [-0.15, -0.1) is 0 Å². The monoisotopic (exact) mass is 376 g/mol. The second-order valence-electron chi connectivity index (χ2n) is 5.90. The van der Waals surface area contributed by atoms with E-state index in [-0.39, 0.29) is 5.57 Å². The summed E-state index contributed by atoms with van der Waals surface area (Å²) in [5.74, 6) is 0.809. The fraction of sp³-hybridized carbons (Fsp3) is 0.0870. The number of para-hydroxylation sites is 1. The van der Waals surface area contributed by atoms with Crippen LogP contribution in [0.4, 0.5) is 0 Å². The van der Waals surface area contributed by atoms with Crippen LogP contribution in [0.5, 0.6) is 17.2 Å². The average molecular weight is 376 g/mol. The first-order valence-corrected chi connectivity index (χ1v) is 8.61. The van der Waals surface area contributed by atoms with Crippen LogP contribution in [0.25, 0.3) is 16.7 Å². The molecule has 0 aliphatic rings. The Balaban J connectivity index is 2.11. The summed E-state index contributed by atoms with van der Waals surface area (Å²) in [6.07, 6.45) is 1.21. The Morgan fingerprint density at radius 2 is 1.61 bits per heavy atom. The molecular formula is C23H20O5. The fourth-order valence-corrected chi connectivity index (χ4v) is 2.91. The molecule has 0 aromatic heterocycles. The number of methoxy groups -OCH3 is 2. The topological polar surface area (TPSA) is 65.0 Å². The molecular weight excluding hydrogens is 356 g/mol. The van der Waals surface area contributed by atoms with Crippen molar-refractivity contribution < 1.29 is 24.1 Å². The molecule has 0 aliphatic carbocycles. The summed E-state index contributed by atoms with van der Waals surface area (Å²) < 4.78 is 16.4. The van der Waals surface area contributed by atoms with Gasteiger partial charge in [0, 0.05) is 11.1 Å². The van der Waals surface area contributed by atoms with Gasteiger partial charge in [-0.3, -0.25) is 0 Å². The number of hydrogen-bond acceptors (Lipinski definition) is 4. The van der Waals surface area contributed by atoms with Crippen LogP contribution in [0, 0.1) is 0 Å². The first kappa shape index (κ1) is 19.0. The summed E-state index contributed by atoms with van der Waals surface area (Å²) >= 11 is 0. The number of carboxylic acids is 1. The lowest BCUT2D eigenvalue weighted by Crippen LogP contribution is -2.03. The predicted octanol–water partition coefficient (Wildman–Crippen LogP) is 5.23. The van der Waals surface area contributed by atoms with Gasteiger partial charge in [-0.2, -0.15) is 0 Å².